The van der Waals surface area contributed by atoms with Crippen molar-refractivity contribution >= 4 is 5.82 Å². The van der Waals surface area contributed by atoms with Crippen LogP contribution in [0.3, 0.4) is 0 Å². The molecule has 0 radical (unpaired) electrons. The molecule has 0 amide bonds. The molecule has 0 bridgehead atoms. The summed E-state index contributed by atoms with van der Waals surface area (Å²) in [6, 6.07) is 7.64. The molecular weight excluding hydrogens is 266 g/mol. The zero-order valence-corrected chi connectivity index (χ0v) is 12.0. The van der Waals surface area contributed by atoms with E-state index in [0.717, 1.165) is 29.8 Å². The van der Waals surface area contributed by atoms with Gasteiger partial charge in [-0.2, -0.15) is 4.98 Å². The highest BCUT2D eigenvalue weighted by atomic mass is 16.5. The SMILES string of the molecule is Cc1c(N)nc(C2CC2)nc1Oc1ccccc1CCO. The number of rotatable bonds is 5. The minimum Gasteiger partial charge on any atom is -0.438 e. The molecule has 3 rings (SSSR count). The molecule has 1 aromatic carbocycles. The summed E-state index contributed by atoms with van der Waals surface area (Å²) in [5.74, 6) is 2.88. The van der Waals surface area contributed by atoms with Gasteiger partial charge in [-0.25, -0.2) is 4.98 Å². The predicted molar refractivity (Wildman–Crippen MR) is 80.5 cm³/mol. The number of ether oxygens (including phenoxy) is 1. The number of hydrogen-bond acceptors (Lipinski definition) is 5. The minimum atomic E-state index is 0.0819. The van der Waals surface area contributed by atoms with Crippen LogP contribution >= 0.6 is 0 Å². The number of anilines is 1. The summed E-state index contributed by atoms with van der Waals surface area (Å²) in [5, 5.41) is 9.13. The van der Waals surface area contributed by atoms with Crippen LogP contribution in [0.4, 0.5) is 5.82 Å². The first-order chi connectivity index (χ1) is 10.2. The van der Waals surface area contributed by atoms with Crippen molar-refractivity contribution in [3.05, 3.63) is 41.2 Å². The molecule has 3 N–H and O–H groups in total. The molecule has 1 aliphatic carbocycles. The fourth-order valence-electron chi connectivity index (χ4n) is 2.19. The number of nitrogens with two attached hydrogens (primary N) is 1. The second-order valence-corrected chi connectivity index (χ2v) is 5.35. The van der Waals surface area contributed by atoms with E-state index in [2.05, 4.69) is 9.97 Å². The summed E-state index contributed by atoms with van der Waals surface area (Å²) in [5.41, 5.74) is 7.66. The van der Waals surface area contributed by atoms with E-state index in [1.807, 2.05) is 31.2 Å². The van der Waals surface area contributed by atoms with E-state index < -0.39 is 0 Å². The molecule has 0 spiro atoms. The lowest BCUT2D eigenvalue weighted by Crippen LogP contribution is -2.05. The topological polar surface area (TPSA) is 81.3 Å². The Hall–Kier alpha value is -2.14. The summed E-state index contributed by atoms with van der Waals surface area (Å²) in [7, 11) is 0. The standard InChI is InChI=1S/C16H19N3O2/c1-10-14(17)18-15(12-6-7-12)19-16(10)21-13-5-3-2-4-11(13)8-9-20/h2-5,12,20H,6-9H2,1H3,(H2,17,18,19). The van der Waals surface area contributed by atoms with Gasteiger partial charge < -0.3 is 15.6 Å². The van der Waals surface area contributed by atoms with E-state index in [-0.39, 0.29) is 6.61 Å². The van der Waals surface area contributed by atoms with Crippen molar-refractivity contribution in [3.63, 3.8) is 0 Å². The van der Waals surface area contributed by atoms with Crippen LogP contribution in [0.15, 0.2) is 24.3 Å². The summed E-state index contributed by atoms with van der Waals surface area (Å²) in [6.45, 7) is 1.94. The highest BCUT2D eigenvalue weighted by Gasteiger charge is 2.28. The van der Waals surface area contributed by atoms with E-state index >= 15 is 0 Å². The summed E-state index contributed by atoms with van der Waals surface area (Å²) in [6.07, 6.45) is 2.78. The van der Waals surface area contributed by atoms with Gasteiger partial charge in [0.1, 0.15) is 17.4 Å². The van der Waals surface area contributed by atoms with Crippen LogP contribution in [0.25, 0.3) is 0 Å². The minimum absolute atomic E-state index is 0.0819. The molecule has 1 aliphatic rings. The van der Waals surface area contributed by atoms with Crippen LogP contribution in [0.2, 0.25) is 0 Å². The monoisotopic (exact) mass is 285 g/mol. The average molecular weight is 285 g/mol. The number of aliphatic hydroxyl groups is 1. The molecule has 5 heteroatoms. The third-order valence-electron chi connectivity index (χ3n) is 3.66. The predicted octanol–water partition coefficient (Wildman–Crippen LogP) is 2.57. The van der Waals surface area contributed by atoms with Gasteiger partial charge in [-0.3, -0.25) is 0 Å². The number of benzene rings is 1. The molecule has 0 unspecified atom stereocenters. The molecule has 0 aliphatic heterocycles. The van der Waals surface area contributed by atoms with E-state index in [4.69, 9.17) is 15.6 Å². The molecule has 1 aromatic heterocycles. The Kier molecular flexibility index (Phi) is 3.75. The van der Waals surface area contributed by atoms with Gasteiger partial charge in [0, 0.05) is 12.5 Å². The lowest BCUT2D eigenvalue weighted by Gasteiger charge is -2.13. The molecule has 1 saturated carbocycles. The molecule has 5 nitrogen and oxygen atoms in total. The molecule has 0 atom stereocenters. The van der Waals surface area contributed by atoms with Crippen molar-refractivity contribution in [2.45, 2.75) is 32.1 Å². The fourth-order valence-corrected chi connectivity index (χ4v) is 2.19. The molecule has 0 saturated heterocycles. The lowest BCUT2D eigenvalue weighted by molar-refractivity contribution is 0.297. The smallest absolute Gasteiger partial charge is 0.227 e. The number of para-hydroxylation sites is 1. The quantitative estimate of drug-likeness (QED) is 0.882. The Labute approximate surface area is 123 Å². The van der Waals surface area contributed by atoms with Gasteiger partial charge in [-0.15, -0.1) is 0 Å². The number of aliphatic hydroxyl groups excluding tert-OH is 1. The maximum absolute atomic E-state index is 9.13. The van der Waals surface area contributed by atoms with E-state index in [1.54, 1.807) is 0 Å². The molecule has 110 valence electrons. The van der Waals surface area contributed by atoms with Crippen LogP contribution in [-0.2, 0) is 6.42 Å². The zero-order chi connectivity index (χ0) is 14.8. The Morgan fingerprint density at radius 1 is 1.29 bits per heavy atom. The van der Waals surface area contributed by atoms with E-state index in [1.165, 1.54) is 0 Å². The van der Waals surface area contributed by atoms with Crippen molar-refractivity contribution in [1.82, 2.24) is 9.97 Å². The highest BCUT2D eigenvalue weighted by Crippen LogP contribution is 2.40. The molecule has 1 heterocycles. The normalized spacial score (nSPS) is 14.2. The lowest BCUT2D eigenvalue weighted by atomic mass is 10.1. The highest BCUT2D eigenvalue weighted by molar-refractivity contribution is 5.47. The van der Waals surface area contributed by atoms with Gasteiger partial charge in [-0.1, -0.05) is 18.2 Å². The van der Waals surface area contributed by atoms with Gasteiger partial charge in [-0.05, 0) is 37.8 Å². The third kappa shape index (κ3) is 2.97. The van der Waals surface area contributed by atoms with E-state index in [0.29, 0.717) is 29.8 Å². The summed E-state index contributed by atoms with van der Waals surface area (Å²) in [4.78, 5) is 8.86. The number of hydrogen-bond donors (Lipinski definition) is 2. The van der Waals surface area contributed by atoms with Crippen LogP contribution in [0.1, 0.15) is 35.7 Å². The van der Waals surface area contributed by atoms with Crippen LogP contribution in [-0.4, -0.2) is 21.7 Å². The summed E-state index contributed by atoms with van der Waals surface area (Å²) < 4.78 is 5.95. The van der Waals surface area contributed by atoms with Crippen LogP contribution in [0.5, 0.6) is 11.6 Å². The zero-order valence-electron chi connectivity index (χ0n) is 12.0. The van der Waals surface area contributed by atoms with E-state index in [9.17, 15) is 0 Å². The fraction of sp³-hybridized carbons (Fsp3) is 0.375. The third-order valence-corrected chi connectivity index (χ3v) is 3.66. The number of nitrogen functional groups attached to an aromatic ring is 1. The molecule has 2 aromatic rings. The second-order valence-electron chi connectivity index (χ2n) is 5.35. The second kappa shape index (κ2) is 5.69. The van der Waals surface area contributed by atoms with Crippen LogP contribution in [0, 0.1) is 6.92 Å². The first-order valence-corrected chi connectivity index (χ1v) is 7.19. The number of nitrogens with zero attached hydrogens (tertiary/aromatic N) is 2. The van der Waals surface area contributed by atoms with Gasteiger partial charge >= 0.3 is 0 Å². The maximum atomic E-state index is 9.13. The molecule has 1 fully saturated rings. The summed E-state index contributed by atoms with van der Waals surface area (Å²) >= 11 is 0. The van der Waals surface area contributed by atoms with Gasteiger partial charge in [0.05, 0.1) is 5.56 Å². The average Bonchev–Trinajstić information content (AvgIpc) is 3.30. The maximum Gasteiger partial charge on any atom is 0.227 e. The van der Waals surface area contributed by atoms with Crippen LogP contribution < -0.4 is 10.5 Å². The Morgan fingerprint density at radius 3 is 2.76 bits per heavy atom. The van der Waals surface area contributed by atoms with Crippen molar-refractivity contribution in [1.29, 1.82) is 0 Å². The first kappa shape index (κ1) is 13.8. The first-order valence-electron chi connectivity index (χ1n) is 7.19. The van der Waals surface area contributed by atoms with Crippen molar-refractivity contribution in [3.8, 4) is 11.6 Å². The van der Waals surface area contributed by atoms with Gasteiger partial charge in [0.2, 0.25) is 5.88 Å². The molecule has 21 heavy (non-hydrogen) atoms. The van der Waals surface area contributed by atoms with Gasteiger partial charge in [0.15, 0.2) is 0 Å². The largest absolute Gasteiger partial charge is 0.438 e. The van der Waals surface area contributed by atoms with Crippen molar-refractivity contribution in [2.24, 2.45) is 0 Å². The Morgan fingerprint density at radius 2 is 2.05 bits per heavy atom. The van der Waals surface area contributed by atoms with Crippen molar-refractivity contribution < 1.29 is 9.84 Å². The van der Waals surface area contributed by atoms with Crippen molar-refractivity contribution in [2.75, 3.05) is 12.3 Å². The molecular formula is C16H19N3O2. The Bertz CT molecular complexity index is 654. The Balaban J connectivity index is 1.94. The number of aromatic nitrogens is 2. The van der Waals surface area contributed by atoms with Gasteiger partial charge in [0.25, 0.3) is 0 Å².